The van der Waals surface area contributed by atoms with Crippen molar-refractivity contribution < 1.29 is 14.7 Å². The van der Waals surface area contributed by atoms with Gasteiger partial charge in [0.2, 0.25) is 0 Å². The molecule has 0 radical (unpaired) electrons. The lowest BCUT2D eigenvalue weighted by molar-refractivity contribution is -0.136. The Morgan fingerprint density at radius 3 is 2.92 bits per heavy atom. The number of carbonyl (C=O) groups excluding carboxylic acids is 1. The molecule has 0 amide bonds. The van der Waals surface area contributed by atoms with Gasteiger partial charge in [-0.2, -0.15) is 0 Å². The first-order chi connectivity index (χ1) is 6.18. The highest BCUT2D eigenvalue weighted by Gasteiger charge is 2.09. The Balaban J connectivity index is 2.28. The number of allylic oxidation sites excluding steroid dienone is 2. The van der Waals surface area contributed by atoms with Gasteiger partial charge in [0.1, 0.15) is 0 Å². The van der Waals surface area contributed by atoms with E-state index >= 15 is 0 Å². The smallest absolute Gasteiger partial charge is 0.305 e. The average Bonchev–Trinajstić information content (AvgIpc) is 2.03. The number of ketones is 1. The Bertz CT molecular complexity index is 245. The minimum atomic E-state index is -0.824. The molecule has 0 heterocycles. The number of rotatable bonds is 4. The number of nitrogens with one attached hydrogen (secondary N) is 1. The van der Waals surface area contributed by atoms with E-state index in [1.54, 1.807) is 6.08 Å². The van der Waals surface area contributed by atoms with E-state index in [9.17, 15) is 9.59 Å². The van der Waals surface area contributed by atoms with Crippen LogP contribution in [0.3, 0.4) is 0 Å². The molecule has 2 N–H and O–H groups in total. The van der Waals surface area contributed by atoms with Crippen LogP contribution in [0.5, 0.6) is 0 Å². The first kappa shape index (κ1) is 9.77. The summed E-state index contributed by atoms with van der Waals surface area (Å²) >= 11 is 0. The summed E-state index contributed by atoms with van der Waals surface area (Å²) in [7, 11) is 0. The van der Waals surface area contributed by atoms with Crippen molar-refractivity contribution in [2.45, 2.75) is 25.7 Å². The summed E-state index contributed by atoms with van der Waals surface area (Å²) in [6.07, 6.45) is 4.00. The van der Waals surface area contributed by atoms with Crippen molar-refractivity contribution in [2.75, 3.05) is 6.54 Å². The number of carboxylic acids is 1. The zero-order valence-corrected chi connectivity index (χ0v) is 7.38. The van der Waals surface area contributed by atoms with E-state index in [-0.39, 0.29) is 12.2 Å². The van der Waals surface area contributed by atoms with Gasteiger partial charge < -0.3 is 10.4 Å². The molecule has 0 aromatic rings. The maximum Gasteiger partial charge on any atom is 0.305 e. The van der Waals surface area contributed by atoms with Crippen molar-refractivity contribution in [3.63, 3.8) is 0 Å². The van der Waals surface area contributed by atoms with Gasteiger partial charge >= 0.3 is 5.97 Å². The van der Waals surface area contributed by atoms with E-state index in [0.29, 0.717) is 13.0 Å². The molecule has 0 fully saturated rings. The molecule has 0 spiro atoms. The zero-order valence-electron chi connectivity index (χ0n) is 7.38. The van der Waals surface area contributed by atoms with Crippen molar-refractivity contribution in [3.05, 3.63) is 11.8 Å². The van der Waals surface area contributed by atoms with Crippen molar-refractivity contribution in [1.29, 1.82) is 0 Å². The monoisotopic (exact) mass is 183 g/mol. The molecular formula is C9H13NO3. The highest BCUT2D eigenvalue weighted by atomic mass is 16.4. The van der Waals surface area contributed by atoms with E-state index in [1.165, 1.54) is 0 Å². The van der Waals surface area contributed by atoms with Gasteiger partial charge in [0.25, 0.3) is 0 Å². The summed E-state index contributed by atoms with van der Waals surface area (Å²) in [5.41, 5.74) is 0.873. The van der Waals surface area contributed by atoms with Gasteiger partial charge in [-0.15, -0.1) is 0 Å². The average molecular weight is 183 g/mol. The Labute approximate surface area is 76.6 Å². The van der Waals surface area contributed by atoms with E-state index in [0.717, 1.165) is 18.5 Å². The lowest BCUT2D eigenvalue weighted by atomic mass is 10.0. The summed E-state index contributed by atoms with van der Waals surface area (Å²) in [4.78, 5) is 21.1. The van der Waals surface area contributed by atoms with Crippen LogP contribution in [0.4, 0.5) is 0 Å². The van der Waals surface area contributed by atoms with Crippen LogP contribution in [-0.2, 0) is 9.59 Å². The van der Waals surface area contributed by atoms with E-state index in [1.807, 2.05) is 0 Å². The highest BCUT2D eigenvalue weighted by molar-refractivity contribution is 5.91. The molecule has 72 valence electrons. The highest BCUT2D eigenvalue weighted by Crippen LogP contribution is 2.12. The summed E-state index contributed by atoms with van der Waals surface area (Å²) in [6, 6.07) is 0. The van der Waals surface area contributed by atoms with Crippen LogP contribution in [-0.4, -0.2) is 23.4 Å². The standard InChI is InChI=1S/C9H13NO3/c11-8-3-1-2-7(6-8)10-5-4-9(12)13/h6,10H,1-5H2,(H,12,13). The lowest BCUT2D eigenvalue weighted by Crippen LogP contribution is -2.20. The molecule has 0 unspecified atom stereocenters. The Kier molecular flexibility index (Phi) is 3.49. The van der Waals surface area contributed by atoms with Gasteiger partial charge in [-0.25, -0.2) is 0 Å². The third kappa shape index (κ3) is 3.73. The topological polar surface area (TPSA) is 66.4 Å². The molecule has 0 saturated carbocycles. The number of carboxylic acid groups (broad SMARTS) is 1. The molecule has 1 aliphatic rings. The summed E-state index contributed by atoms with van der Waals surface area (Å²) in [6.45, 7) is 0.397. The van der Waals surface area contributed by atoms with E-state index < -0.39 is 5.97 Å². The quantitative estimate of drug-likeness (QED) is 0.672. The molecule has 0 atom stereocenters. The van der Waals surface area contributed by atoms with Crippen LogP contribution in [0, 0.1) is 0 Å². The molecule has 0 aromatic heterocycles. The Hall–Kier alpha value is -1.32. The summed E-state index contributed by atoms with van der Waals surface area (Å²) in [5.74, 6) is -0.695. The molecule has 13 heavy (non-hydrogen) atoms. The number of carbonyl (C=O) groups is 2. The van der Waals surface area contributed by atoms with Crippen LogP contribution in [0.2, 0.25) is 0 Å². The molecule has 0 aromatic carbocycles. The third-order valence-corrected chi connectivity index (χ3v) is 1.90. The van der Waals surface area contributed by atoms with Crippen molar-refractivity contribution in [3.8, 4) is 0 Å². The fourth-order valence-corrected chi connectivity index (χ4v) is 1.26. The second-order valence-corrected chi connectivity index (χ2v) is 3.06. The van der Waals surface area contributed by atoms with Crippen molar-refractivity contribution >= 4 is 11.8 Å². The van der Waals surface area contributed by atoms with Gasteiger partial charge in [-0.3, -0.25) is 9.59 Å². The maximum absolute atomic E-state index is 10.9. The molecule has 0 bridgehead atoms. The fraction of sp³-hybridized carbons (Fsp3) is 0.556. The van der Waals surface area contributed by atoms with Crippen molar-refractivity contribution in [1.82, 2.24) is 5.32 Å². The molecule has 1 rings (SSSR count). The maximum atomic E-state index is 10.9. The molecule has 0 aliphatic heterocycles. The van der Waals surface area contributed by atoms with Gasteiger partial charge in [0, 0.05) is 24.7 Å². The lowest BCUT2D eigenvalue weighted by Gasteiger charge is -2.13. The summed E-state index contributed by atoms with van der Waals surface area (Å²) < 4.78 is 0. The molecular weight excluding hydrogens is 170 g/mol. The molecule has 0 saturated heterocycles. The van der Waals surface area contributed by atoms with Gasteiger partial charge in [0.05, 0.1) is 6.42 Å². The molecule has 4 nitrogen and oxygen atoms in total. The van der Waals surface area contributed by atoms with Gasteiger partial charge in [0.15, 0.2) is 5.78 Å². The first-order valence-electron chi connectivity index (χ1n) is 4.37. The minimum absolute atomic E-state index is 0.0888. The number of hydrogen-bond donors (Lipinski definition) is 2. The van der Waals surface area contributed by atoms with Crippen LogP contribution in [0.1, 0.15) is 25.7 Å². The number of aliphatic carboxylic acids is 1. The Morgan fingerprint density at radius 2 is 2.31 bits per heavy atom. The first-order valence-corrected chi connectivity index (χ1v) is 4.37. The second-order valence-electron chi connectivity index (χ2n) is 3.06. The minimum Gasteiger partial charge on any atom is -0.481 e. The van der Waals surface area contributed by atoms with E-state index in [2.05, 4.69) is 5.32 Å². The molecule has 4 heteroatoms. The normalized spacial score (nSPS) is 16.6. The molecule has 1 aliphatic carbocycles. The summed E-state index contributed by atoms with van der Waals surface area (Å²) in [5, 5.41) is 11.3. The Morgan fingerprint density at radius 1 is 1.54 bits per heavy atom. The van der Waals surface area contributed by atoms with Crippen LogP contribution in [0.15, 0.2) is 11.8 Å². The van der Waals surface area contributed by atoms with Gasteiger partial charge in [-0.05, 0) is 12.8 Å². The zero-order chi connectivity index (χ0) is 9.68. The third-order valence-electron chi connectivity index (χ3n) is 1.90. The predicted octanol–water partition coefficient (Wildman–Crippen LogP) is 0.688. The number of hydrogen-bond acceptors (Lipinski definition) is 3. The van der Waals surface area contributed by atoms with Gasteiger partial charge in [-0.1, -0.05) is 0 Å². The SMILES string of the molecule is O=C(O)CCNC1=CC(=O)CCC1. The largest absolute Gasteiger partial charge is 0.481 e. The predicted molar refractivity (Wildman–Crippen MR) is 47.2 cm³/mol. The fourth-order valence-electron chi connectivity index (χ4n) is 1.26. The van der Waals surface area contributed by atoms with E-state index in [4.69, 9.17) is 5.11 Å². The van der Waals surface area contributed by atoms with Crippen LogP contribution in [0.25, 0.3) is 0 Å². The van der Waals surface area contributed by atoms with Crippen LogP contribution >= 0.6 is 0 Å². The van der Waals surface area contributed by atoms with Crippen molar-refractivity contribution in [2.24, 2.45) is 0 Å². The second kappa shape index (κ2) is 4.64. The van der Waals surface area contributed by atoms with Crippen LogP contribution < -0.4 is 5.32 Å².